The molecule has 0 saturated carbocycles. The van der Waals surface area contributed by atoms with Crippen LogP contribution in [-0.4, -0.2) is 43.8 Å². The Bertz CT molecular complexity index is 1330. The average molecular weight is 550 g/mol. The first kappa shape index (κ1) is 28.9. The van der Waals surface area contributed by atoms with Crippen LogP contribution < -0.4 is 5.32 Å². The van der Waals surface area contributed by atoms with Crippen LogP contribution in [0.3, 0.4) is 0 Å². The van der Waals surface area contributed by atoms with E-state index in [0.717, 1.165) is 27.8 Å². The summed E-state index contributed by atoms with van der Waals surface area (Å²) in [6, 6.07) is 25.4. The molecule has 3 aromatic rings. The van der Waals surface area contributed by atoms with Gasteiger partial charge in [-0.1, -0.05) is 78.9 Å². The van der Waals surface area contributed by atoms with Gasteiger partial charge in [0.1, 0.15) is 23.6 Å². The monoisotopic (exact) mass is 549 g/mol. The maximum atomic E-state index is 13.7. The first-order valence-electron chi connectivity index (χ1n) is 13.0. The molecule has 1 aliphatic rings. The summed E-state index contributed by atoms with van der Waals surface area (Å²) >= 11 is 0. The van der Waals surface area contributed by atoms with Crippen molar-refractivity contribution in [2.45, 2.75) is 50.8 Å². The summed E-state index contributed by atoms with van der Waals surface area (Å²) in [5, 5.41) is 3.67. The molecule has 206 valence electrons. The number of rotatable bonds is 11. The number of hydrogen-bond donors (Lipinski definition) is 1. The highest BCUT2D eigenvalue weighted by Gasteiger charge is 2.47. The average Bonchev–Trinajstić information content (AvgIpc) is 3.21. The summed E-state index contributed by atoms with van der Waals surface area (Å²) in [6.07, 6.45) is -0.238. The summed E-state index contributed by atoms with van der Waals surface area (Å²) in [6.45, 7) is 5.44. The minimum absolute atomic E-state index is 0.0121. The second kappa shape index (κ2) is 11.6. The highest BCUT2D eigenvalue weighted by molar-refractivity contribution is 7.54. The topological polar surface area (TPSA) is 90.9 Å². The largest absolute Gasteiger partial charge is 0.459 e. The van der Waals surface area contributed by atoms with Gasteiger partial charge in [-0.3, -0.25) is 19.5 Å². The van der Waals surface area contributed by atoms with Gasteiger partial charge in [0, 0.05) is 20.6 Å². The Labute approximate surface area is 230 Å². The quantitative estimate of drug-likeness (QED) is 0.229. The zero-order chi connectivity index (χ0) is 28.3. The molecule has 4 rings (SSSR count). The molecule has 0 aliphatic heterocycles. The van der Waals surface area contributed by atoms with Crippen LogP contribution in [0.5, 0.6) is 0 Å². The van der Waals surface area contributed by atoms with Crippen molar-refractivity contribution in [2.75, 3.05) is 20.4 Å². The van der Waals surface area contributed by atoms with E-state index in [1.54, 1.807) is 0 Å². The molecule has 0 unspecified atom stereocenters. The van der Waals surface area contributed by atoms with Gasteiger partial charge in [0.05, 0.1) is 5.54 Å². The molecule has 8 heteroatoms. The number of ether oxygens (including phenoxy) is 1. The Hall–Kier alpha value is -3.09. The van der Waals surface area contributed by atoms with Gasteiger partial charge >= 0.3 is 13.6 Å². The van der Waals surface area contributed by atoms with Crippen molar-refractivity contribution in [3.05, 3.63) is 95.6 Å². The number of carbonyl (C=O) groups is 2. The summed E-state index contributed by atoms with van der Waals surface area (Å²) in [5.41, 5.74) is 3.54. The van der Waals surface area contributed by atoms with Crippen molar-refractivity contribution in [3.8, 4) is 11.1 Å². The van der Waals surface area contributed by atoms with E-state index in [0.29, 0.717) is 0 Å². The number of ketones is 1. The zero-order valence-electron chi connectivity index (χ0n) is 23.1. The molecule has 1 atom stereocenters. The van der Waals surface area contributed by atoms with E-state index in [9.17, 15) is 14.2 Å². The van der Waals surface area contributed by atoms with Gasteiger partial charge in [-0.05, 0) is 55.0 Å². The van der Waals surface area contributed by atoms with Crippen molar-refractivity contribution in [1.29, 1.82) is 0 Å². The minimum Gasteiger partial charge on any atom is -0.459 e. The van der Waals surface area contributed by atoms with Gasteiger partial charge in [0.25, 0.3) is 0 Å². The van der Waals surface area contributed by atoms with E-state index >= 15 is 0 Å². The SMILES string of the molecule is COP(=O)(CC(=O)CC[C@H](NC1(c2ccccc2)c2ccccc2-c2ccccc21)C(=O)OC(C)(C)C)OC. The van der Waals surface area contributed by atoms with E-state index in [4.69, 9.17) is 13.8 Å². The van der Waals surface area contributed by atoms with Crippen LogP contribution in [-0.2, 0) is 33.5 Å². The number of esters is 1. The smallest absolute Gasteiger partial charge is 0.337 e. The fourth-order valence-corrected chi connectivity index (χ4v) is 6.16. The van der Waals surface area contributed by atoms with Crippen LogP contribution in [0, 0.1) is 0 Å². The molecule has 1 aliphatic carbocycles. The number of nitrogens with one attached hydrogen (secondary N) is 1. The highest BCUT2D eigenvalue weighted by Crippen LogP contribution is 2.51. The zero-order valence-corrected chi connectivity index (χ0v) is 24.0. The van der Waals surface area contributed by atoms with Gasteiger partial charge in [-0.25, -0.2) is 0 Å². The second-order valence-electron chi connectivity index (χ2n) is 10.6. The first-order chi connectivity index (χ1) is 18.5. The third-order valence-corrected chi connectivity index (χ3v) is 8.73. The third-order valence-electron chi connectivity index (χ3n) is 6.88. The Morgan fingerprint density at radius 1 is 0.846 bits per heavy atom. The Morgan fingerprint density at radius 2 is 1.36 bits per heavy atom. The van der Waals surface area contributed by atoms with E-state index in [-0.39, 0.29) is 24.8 Å². The van der Waals surface area contributed by atoms with Gasteiger partial charge in [0.2, 0.25) is 0 Å². The lowest BCUT2D eigenvalue weighted by atomic mass is 9.79. The van der Waals surface area contributed by atoms with E-state index in [1.165, 1.54) is 14.2 Å². The Kier molecular flexibility index (Phi) is 8.57. The van der Waals surface area contributed by atoms with Crippen LogP contribution in [0.4, 0.5) is 0 Å². The van der Waals surface area contributed by atoms with E-state index < -0.39 is 30.7 Å². The van der Waals surface area contributed by atoms with Crippen molar-refractivity contribution in [1.82, 2.24) is 5.32 Å². The molecule has 0 bridgehead atoms. The predicted molar refractivity (Wildman–Crippen MR) is 152 cm³/mol. The predicted octanol–water partition coefficient (Wildman–Crippen LogP) is 6.09. The molecule has 0 radical (unpaired) electrons. The maximum Gasteiger partial charge on any atom is 0.337 e. The Balaban J connectivity index is 1.78. The highest BCUT2D eigenvalue weighted by atomic mass is 31.2. The molecule has 0 amide bonds. The number of carbonyl (C=O) groups excluding carboxylic acids is 2. The molecule has 0 saturated heterocycles. The molecular formula is C31H36NO6P. The summed E-state index contributed by atoms with van der Waals surface area (Å²) < 4.78 is 28.3. The molecular weight excluding hydrogens is 513 g/mol. The fourth-order valence-electron chi connectivity index (χ4n) is 5.16. The standard InChI is InChI=1S/C31H36NO6P/c1-30(2,3)38-29(34)28(20-19-23(33)21-39(35,36-4)37-5)32-31(22-13-7-6-8-14-22)26-17-11-9-15-24(26)25-16-10-12-18-27(25)31/h6-18,28,32H,19-21H2,1-5H3/t28-/m0/s1. The molecule has 0 aromatic heterocycles. The molecule has 0 fully saturated rings. The molecule has 39 heavy (non-hydrogen) atoms. The van der Waals surface area contributed by atoms with Crippen LogP contribution in [0.2, 0.25) is 0 Å². The van der Waals surface area contributed by atoms with Crippen molar-refractivity contribution < 1.29 is 27.9 Å². The maximum absolute atomic E-state index is 13.7. The molecule has 0 heterocycles. The van der Waals surface area contributed by atoms with Crippen molar-refractivity contribution >= 4 is 19.3 Å². The Morgan fingerprint density at radius 3 is 1.87 bits per heavy atom. The van der Waals surface area contributed by atoms with Crippen LogP contribution in [0.15, 0.2) is 78.9 Å². The lowest BCUT2D eigenvalue weighted by Crippen LogP contribution is -2.53. The minimum atomic E-state index is -3.52. The van der Waals surface area contributed by atoms with E-state index in [1.807, 2.05) is 75.4 Å². The fraction of sp³-hybridized carbons (Fsp3) is 0.355. The van der Waals surface area contributed by atoms with Gasteiger partial charge < -0.3 is 13.8 Å². The third kappa shape index (κ3) is 6.07. The van der Waals surface area contributed by atoms with Crippen LogP contribution >= 0.6 is 7.60 Å². The lowest BCUT2D eigenvalue weighted by Gasteiger charge is -2.38. The number of Topliss-reactive ketones (excluding diaryl/α,β-unsaturated/α-hetero) is 1. The molecule has 1 N–H and O–H groups in total. The normalized spacial score (nSPS) is 14.8. The van der Waals surface area contributed by atoms with Crippen LogP contribution in [0.25, 0.3) is 11.1 Å². The first-order valence-corrected chi connectivity index (χ1v) is 14.7. The summed E-state index contributed by atoms with van der Waals surface area (Å²) in [7, 11) is -1.02. The molecule has 7 nitrogen and oxygen atoms in total. The summed E-state index contributed by atoms with van der Waals surface area (Å²) in [5.74, 6) is -0.785. The lowest BCUT2D eigenvalue weighted by molar-refractivity contribution is -0.158. The second-order valence-corrected chi connectivity index (χ2v) is 12.9. The van der Waals surface area contributed by atoms with Crippen LogP contribution in [0.1, 0.15) is 50.3 Å². The van der Waals surface area contributed by atoms with E-state index in [2.05, 4.69) is 29.6 Å². The molecule has 0 spiro atoms. The van der Waals surface area contributed by atoms with Gasteiger partial charge in [0.15, 0.2) is 0 Å². The number of fused-ring (bicyclic) bond motifs is 3. The number of benzene rings is 3. The number of hydrogen-bond acceptors (Lipinski definition) is 7. The van der Waals surface area contributed by atoms with Gasteiger partial charge in [-0.15, -0.1) is 0 Å². The van der Waals surface area contributed by atoms with Gasteiger partial charge in [-0.2, -0.15) is 0 Å². The summed E-state index contributed by atoms with van der Waals surface area (Å²) in [4.78, 5) is 26.5. The molecule has 3 aromatic carbocycles. The van der Waals surface area contributed by atoms with Crippen molar-refractivity contribution in [2.24, 2.45) is 0 Å². The van der Waals surface area contributed by atoms with Crippen molar-refractivity contribution in [3.63, 3.8) is 0 Å².